The molecule has 150 valence electrons. The Balaban J connectivity index is 1.62. The maximum Gasteiger partial charge on any atom is 0.252 e. The van der Waals surface area contributed by atoms with Gasteiger partial charge in [-0.05, 0) is 58.7 Å². The Labute approximate surface area is 178 Å². The molecule has 3 rings (SSSR count). The van der Waals surface area contributed by atoms with E-state index in [4.69, 9.17) is 14.2 Å². The Kier molecular flexibility index (Phi) is 7.08. The predicted octanol–water partition coefficient (Wildman–Crippen LogP) is 4.97. The average molecular weight is 457 g/mol. The second-order valence-corrected chi connectivity index (χ2v) is 6.87. The zero-order chi connectivity index (χ0) is 20.6. The van der Waals surface area contributed by atoms with Crippen LogP contribution in [0.5, 0.6) is 23.1 Å². The smallest absolute Gasteiger partial charge is 0.252 e. The van der Waals surface area contributed by atoms with Crippen LogP contribution in [0.3, 0.4) is 0 Å². The summed E-state index contributed by atoms with van der Waals surface area (Å²) < 4.78 is 17.2. The minimum absolute atomic E-state index is 0.207. The monoisotopic (exact) mass is 456 g/mol. The Morgan fingerprint density at radius 2 is 1.90 bits per heavy atom. The fourth-order valence-electron chi connectivity index (χ4n) is 2.58. The van der Waals surface area contributed by atoms with Gasteiger partial charge in [0.05, 0.1) is 19.3 Å². The molecule has 2 aromatic carbocycles. The minimum atomic E-state index is -0.207. The molecule has 0 aliphatic carbocycles. The molecule has 0 fully saturated rings. The number of carbonyl (C=O) groups is 1. The summed E-state index contributed by atoms with van der Waals surface area (Å²) >= 11 is 3.39. The first kappa shape index (κ1) is 20.7. The van der Waals surface area contributed by atoms with Crippen molar-refractivity contribution >= 4 is 21.8 Å². The maximum atomic E-state index is 12.5. The van der Waals surface area contributed by atoms with Crippen LogP contribution in [0, 0.1) is 0 Å². The number of halogens is 1. The number of hydrogen-bond acceptors (Lipinski definition) is 5. The Bertz CT molecular complexity index is 977. The summed E-state index contributed by atoms with van der Waals surface area (Å²) in [5.41, 5.74) is 1.35. The molecule has 0 spiro atoms. The molecule has 1 N–H and O–H groups in total. The van der Waals surface area contributed by atoms with Crippen LogP contribution in [-0.4, -0.2) is 24.6 Å². The van der Waals surface area contributed by atoms with Crippen molar-refractivity contribution in [1.29, 1.82) is 0 Å². The first-order valence-corrected chi connectivity index (χ1v) is 9.86. The largest absolute Gasteiger partial charge is 0.497 e. The highest BCUT2D eigenvalue weighted by Gasteiger charge is 2.12. The van der Waals surface area contributed by atoms with Gasteiger partial charge >= 0.3 is 0 Å². The van der Waals surface area contributed by atoms with E-state index in [2.05, 4.69) is 26.2 Å². The van der Waals surface area contributed by atoms with E-state index in [1.165, 1.54) is 0 Å². The summed E-state index contributed by atoms with van der Waals surface area (Å²) in [6, 6.07) is 16.3. The third kappa shape index (κ3) is 5.48. The lowest BCUT2D eigenvalue weighted by Gasteiger charge is -2.11. The molecule has 1 aromatic heterocycles. The highest BCUT2D eigenvalue weighted by molar-refractivity contribution is 9.10. The molecular formula is C22H21BrN2O4. The molecular weight excluding hydrogens is 436 g/mol. The van der Waals surface area contributed by atoms with E-state index in [-0.39, 0.29) is 5.91 Å². The topological polar surface area (TPSA) is 69.7 Å². The summed E-state index contributed by atoms with van der Waals surface area (Å²) in [5.74, 6) is 2.13. The molecule has 0 saturated heterocycles. The normalized spacial score (nSPS) is 10.3. The highest BCUT2D eigenvalue weighted by Crippen LogP contribution is 2.30. The number of aromatic nitrogens is 1. The number of hydrogen-bond donors (Lipinski definition) is 1. The van der Waals surface area contributed by atoms with Gasteiger partial charge in [-0.2, -0.15) is 0 Å². The van der Waals surface area contributed by atoms with Crippen molar-refractivity contribution in [3.05, 3.63) is 76.4 Å². The van der Waals surface area contributed by atoms with Gasteiger partial charge in [0.1, 0.15) is 5.75 Å². The molecule has 0 unspecified atom stereocenters. The van der Waals surface area contributed by atoms with Crippen molar-refractivity contribution in [3.8, 4) is 23.1 Å². The number of methoxy groups -OCH3 is 1. The van der Waals surface area contributed by atoms with E-state index in [9.17, 15) is 4.79 Å². The zero-order valence-corrected chi connectivity index (χ0v) is 17.7. The second-order valence-electron chi connectivity index (χ2n) is 6.01. The summed E-state index contributed by atoms with van der Waals surface area (Å²) in [5, 5.41) is 2.88. The van der Waals surface area contributed by atoms with Crippen LogP contribution in [0.4, 0.5) is 0 Å². The van der Waals surface area contributed by atoms with Gasteiger partial charge in [0, 0.05) is 23.3 Å². The molecule has 0 radical (unpaired) electrons. The molecule has 1 heterocycles. The first-order chi connectivity index (χ1) is 14.1. The standard InChI is InChI=1S/C22H21BrN2O4/c1-3-28-19-6-4-5-7-20(19)29-21-11-8-15(13-24-21)14-25-22(26)17-12-16(27-2)9-10-18(17)23/h4-13H,3,14H2,1-2H3,(H,25,26). The fourth-order valence-corrected chi connectivity index (χ4v) is 3.01. The lowest BCUT2D eigenvalue weighted by Crippen LogP contribution is -2.23. The van der Waals surface area contributed by atoms with E-state index in [0.29, 0.717) is 46.3 Å². The summed E-state index contributed by atoms with van der Waals surface area (Å²) in [6.45, 7) is 2.81. The quantitative estimate of drug-likeness (QED) is 0.517. The van der Waals surface area contributed by atoms with E-state index in [1.54, 1.807) is 37.6 Å². The molecule has 3 aromatic rings. The molecule has 7 heteroatoms. The molecule has 0 atom stereocenters. The third-order valence-electron chi connectivity index (χ3n) is 4.03. The number of carbonyl (C=O) groups excluding carboxylic acids is 1. The number of nitrogens with one attached hydrogen (secondary N) is 1. The number of benzene rings is 2. The predicted molar refractivity (Wildman–Crippen MR) is 114 cm³/mol. The van der Waals surface area contributed by atoms with Gasteiger partial charge in [-0.3, -0.25) is 4.79 Å². The fraction of sp³-hybridized carbons (Fsp3) is 0.182. The Hall–Kier alpha value is -3.06. The lowest BCUT2D eigenvalue weighted by atomic mass is 10.2. The van der Waals surface area contributed by atoms with Crippen LogP contribution in [0.1, 0.15) is 22.8 Å². The summed E-state index contributed by atoms with van der Waals surface area (Å²) in [7, 11) is 1.56. The van der Waals surface area contributed by atoms with E-state index in [1.807, 2.05) is 37.3 Å². The number of ether oxygens (including phenoxy) is 3. The zero-order valence-electron chi connectivity index (χ0n) is 16.1. The number of pyridine rings is 1. The first-order valence-electron chi connectivity index (χ1n) is 9.07. The van der Waals surface area contributed by atoms with Crippen molar-refractivity contribution < 1.29 is 19.0 Å². The van der Waals surface area contributed by atoms with Gasteiger partial charge < -0.3 is 19.5 Å². The van der Waals surface area contributed by atoms with E-state index in [0.717, 1.165) is 5.56 Å². The lowest BCUT2D eigenvalue weighted by molar-refractivity contribution is 0.0949. The Morgan fingerprint density at radius 3 is 2.59 bits per heavy atom. The number of rotatable bonds is 8. The second kappa shape index (κ2) is 9.93. The van der Waals surface area contributed by atoms with Crippen molar-refractivity contribution in [2.45, 2.75) is 13.5 Å². The van der Waals surface area contributed by atoms with Crippen molar-refractivity contribution in [3.63, 3.8) is 0 Å². The van der Waals surface area contributed by atoms with Crippen LogP contribution >= 0.6 is 15.9 Å². The van der Waals surface area contributed by atoms with Crippen LogP contribution in [0.15, 0.2) is 65.3 Å². The Morgan fingerprint density at radius 1 is 1.10 bits per heavy atom. The number of para-hydroxylation sites is 2. The van der Waals surface area contributed by atoms with Gasteiger partial charge in [0.2, 0.25) is 5.88 Å². The van der Waals surface area contributed by atoms with E-state index < -0.39 is 0 Å². The van der Waals surface area contributed by atoms with Crippen molar-refractivity contribution in [1.82, 2.24) is 10.3 Å². The number of nitrogens with zero attached hydrogens (tertiary/aromatic N) is 1. The number of amides is 1. The molecule has 0 aliphatic rings. The molecule has 29 heavy (non-hydrogen) atoms. The van der Waals surface area contributed by atoms with Crippen molar-refractivity contribution in [2.24, 2.45) is 0 Å². The van der Waals surface area contributed by atoms with Gasteiger partial charge in [-0.15, -0.1) is 0 Å². The molecule has 6 nitrogen and oxygen atoms in total. The van der Waals surface area contributed by atoms with Gasteiger partial charge in [0.25, 0.3) is 5.91 Å². The summed E-state index contributed by atoms with van der Waals surface area (Å²) in [4.78, 5) is 16.8. The van der Waals surface area contributed by atoms with Gasteiger partial charge in [0.15, 0.2) is 11.5 Å². The van der Waals surface area contributed by atoms with Crippen LogP contribution in [0.2, 0.25) is 0 Å². The highest BCUT2D eigenvalue weighted by atomic mass is 79.9. The molecule has 0 saturated carbocycles. The average Bonchev–Trinajstić information content (AvgIpc) is 2.75. The minimum Gasteiger partial charge on any atom is -0.497 e. The van der Waals surface area contributed by atoms with Gasteiger partial charge in [-0.1, -0.05) is 18.2 Å². The van der Waals surface area contributed by atoms with Crippen LogP contribution in [0.25, 0.3) is 0 Å². The SMILES string of the molecule is CCOc1ccccc1Oc1ccc(CNC(=O)c2cc(OC)ccc2Br)cn1. The summed E-state index contributed by atoms with van der Waals surface area (Å²) in [6.07, 6.45) is 1.67. The van der Waals surface area contributed by atoms with Crippen molar-refractivity contribution in [2.75, 3.05) is 13.7 Å². The van der Waals surface area contributed by atoms with Gasteiger partial charge in [-0.25, -0.2) is 4.98 Å². The molecule has 0 aliphatic heterocycles. The molecule has 0 bridgehead atoms. The maximum absolute atomic E-state index is 12.5. The third-order valence-corrected chi connectivity index (χ3v) is 4.72. The van der Waals surface area contributed by atoms with E-state index >= 15 is 0 Å². The van der Waals surface area contributed by atoms with Crippen LogP contribution in [-0.2, 0) is 6.54 Å². The van der Waals surface area contributed by atoms with Crippen LogP contribution < -0.4 is 19.5 Å². The molecule has 1 amide bonds.